The molecule has 17 nitrogen and oxygen atoms in total. The van der Waals surface area contributed by atoms with Crippen molar-refractivity contribution in [3.63, 3.8) is 0 Å². The monoisotopic (exact) mass is 951 g/mol. The zero-order valence-corrected chi connectivity index (χ0v) is 41.3. The summed E-state index contributed by atoms with van der Waals surface area (Å²) in [6, 6.07) is 7.20. The van der Waals surface area contributed by atoms with Gasteiger partial charge in [-0.05, 0) is 74.9 Å². The molecule has 1 aromatic carbocycles. The number of carbonyl (C=O) groups is 5. The van der Waals surface area contributed by atoms with Gasteiger partial charge in [-0.3, -0.25) is 29.2 Å². The fraction of sp³-hybridized carbons (Fsp3) is 0.540. The van der Waals surface area contributed by atoms with E-state index in [1.165, 1.54) is 27.3 Å². The van der Waals surface area contributed by atoms with Gasteiger partial charge < -0.3 is 38.8 Å². The molecule has 0 radical (unpaired) electrons. The van der Waals surface area contributed by atoms with E-state index in [9.17, 15) is 24.0 Å². The van der Waals surface area contributed by atoms with Crippen LogP contribution in [0.3, 0.4) is 0 Å². The van der Waals surface area contributed by atoms with Crippen molar-refractivity contribution in [2.24, 2.45) is 11.3 Å². The summed E-state index contributed by atoms with van der Waals surface area (Å²) >= 11 is 1.40. The molecular weight excluding hydrogens is 887 g/mol. The number of esters is 1. The third kappa shape index (κ3) is 9.65. The number of pyridine rings is 1. The van der Waals surface area contributed by atoms with Crippen LogP contribution < -0.4 is 10.7 Å². The number of aromatic nitrogens is 3. The molecule has 4 aromatic rings. The molecule has 0 saturated carbocycles. The van der Waals surface area contributed by atoms with Crippen LogP contribution in [0.1, 0.15) is 76.8 Å². The number of thiazole rings is 1. The summed E-state index contributed by atoms with van der Waals surface area (Å²) in [5, 5.41) is 8.10. The number of carbonyl (C=O) groups excluding carboxylic acids is 5. The third-order valence-corrected chi connectivity index (χ3v) is 14.6. The number of likely N-dealkylation sites (N-methyl/N-ethyl adjacent to an activating group) is 1. The molecule has 3 fully saturated rings. The Labute approximate surface area is 402 Å². The molecule has 3 aromatic heterocycles. The number of benzene rings is 1. The minimum atomic E-state index is -1.10. The first kappa shape index (κ1) is 48.8. The van der Waals surface area contributed by atoms with Crippen molar-refractivity contribution in [1.82, 2.24) is 45.0 Å². The summed E-state index contributed by atoms with van der Waals surface area (Å²) in [7, 11) is 3.28. The van der Waals surface area contributed by atoms with Gasteiger partial charge >= 0.3 is 12.0 Å². The maximum atomic E-state index is 14.7. The van der Waals surface area contributed by atoms with E-state index in [1.54, 1.807) is 30.2 Å². The van der Waals surface area contributed by atoms with Gasteiger partial charge in [0.15, 0.2) is 0 Å². The number of nitrogens with one attached hydrogen (secondary N) is 2. The Bertz CT molecular complexity index is 2580. The van der Waals surface area contributed by atoms with Gasteiger partial charge in [-0.1, -0.05) is 40.3 Å². The minimum absolute atomic E-state index is 0.0659. The number of nitrogens with zero attached hydrogens (tertiary/aromatic N) is 7. The molecule has 364 valence electrons. The zero-order valence-electron chi connectivity index (χ0n) is 40.5. The molecule has 4 aliphatic rings. The van der Waals surface area contributed by atoms with Gasteiger partial charge in [-0.15, -0.1) is 11.3 Å². The lowest BCUT2D eigenvalue weighted by Crippen LogP contribution is -2.72. The second-order valence-corrected chi connectivity index (χ2v) is 20.6. The average molecular weight is 952 g/mol. The molecule has 4 aliphatic heterocycles. The third-order valence-electron chi connectivity index (χ3n) is 13.7. The summed E-state index contributed by atoms with van der Waals surface area (Å²) in [4.78, 5) is 84.2. The number of methoxy groups -OCH3 is 1. The van der Waals surface area contributed by atoms with Crippen LogP contribution in [-0.4, -0.2) is 148 Å². The predicted molar refractivity (Wildman–Crippen MR) is 258 cm³/mol. The number of fused-ring (bicyclic) bond motifs is 6. The second kappa shape index (κ2) is 19.7. The van der Waals surface area contributed by atoms with Gasteiger partial charge in [0.2, 0.25) is 11.8 Å². The quantitative estimate of drug-likeness (QED) is 0.163. The van der Waals surface area contributed by atoms with Crippen molar-refractivity contribution in [2.75, 3.05) is 60.1 Å². The van der Waals surface area contributed by atoms with Crippen LogP contribution in [0.2, 0.25) is 0 Å². The molecule has 4 atom stereocenters. The van der Waals surface area contributed by atoms with Gasteiger partial charge in [0.05, 0.1) is 61.0 Å². The van der Waals surface area contributed by atoms with Gasteiger partial charge in [-0.2, -0.15) is 0 Å². The standard InChI is InChI=1S/C50H65N9O8S/c1-10-41(60)57-27-50(28-57)26-56(20-21-67-50)48(64)55(8)43(30(3)4)45(61)53-37-23-40-52-38(25-68-40)32-16-17-39-34(22-32)35(44(58(39)11-2)33-14-12-18-51-42(33)31(5)65-9)24-49(6,7)29-66-47(63)36-15-13-19-59(54-36)46(37)62/h10,12,14,16-18,22,25,30-31,36-37,43,54H,1,11,13,15,19-21,23-24,26-29H2,2-9H3,(H,53,61)/t31-,36-,37-,43-/m0/s1. The average Bonchev–Trinajstić information content (AvgIpc) is 3.92. The summed E-state index contributed by atoms with van der Waals surface area (Å²) in [5.74, 6) is -1.92. The Morgan fingerprint density at radius 2 is 1.88 bits per heavy atom. The molecular formula is C50H65N9O8S. The first-order valence-electron chi connectivity index (χ1n) is 23.7. The lowest BCUT2D eigenvalue weighted by atomic mass is 9.84. The fourth-order valence-electron chi connectivity index (χ4n) is 10.2. The molecule has 18 heteroatoms. The van der Waals surface area contributed by atoms with Crippen LogP contribution in [0.15, 0.2) is 54.6 Å². The number of rotatable bonds is 9. The van der Waals surface area contributed by atoms with E-state index in [2.05, 4.69) is 66.9 Å². The van der Waals surface area contributed by atoms with Crippen molar-refractivity contribution in [1.29, 1.82) is 0 Å². The Balaban J connectivity index is 1.13. The fourth-order valence-corrected chi connectivity index (χ4v) is 11.1. The number of ether oxygens (including phenoxy) is 3. The molecule has 6 bridgehead atoms. The molecule has 68 heavy (non-hydrogen) atoms. The number of hydrazine groups is 1. The summed E-state index contributed by atoms with van der Waals surface area (Å²) in [5.41, 5.74) is 8.55. The first-order chi connectivity index (χ1) is 32.5. The number of hydrogen-bond acceptors (Lipinski definition) is 12. The zero-order chi connectivity index (χ0) is 48.7. The van der Waals surface area contributed by atoms with Crippen LogP contribution in [0.4, 0.5) is 4.79 Å². The Hall–Kier alpha value is -5.69. The van der Waals surface area contributed by atoms with Gasteiger partial charge in [0.25, 0.3) is 5.91 Å². The van der Waals surface area contributed by atoms with Crippen molar-refractivity contribution < 1.29 is 38.2 Å². The van der Waals surface area contributed by atoms with Crippen LogP contribution in [0.25, 0.3) is 33.4 Å². The highest BCUT2D eigenvalue weighted by atomic mass is 32.1. The number of likely N-dealkylation sites (tertiary alicyclic amines) is 1. The Kier molecular flexibility index (Phi) is 14.1. The number of amides is 5. The lowest BCUT2D eigenvalue weighted by Gasteiger charge is -2.53. The van der Waals surface area contributed by atoms with E-state index in [-0.39, 0.29) is 50.1 Å². The van der Waals surface area contributed by atoms with Crippen molar-refractivity contribution >= 4 is 52.0 Å². The minimum Gasteiger partial charge on any atom is -0.464 e. The first-order valence-corrected chi connectivity index (χ1v) is 24.5. The smallest absolute Gasteiger partial charge is 0.324 e. The van der Waals surface area contributed by atoms with Gasteiger partial charge in [0.1, 0.15) is 23.7 Å². The maximum Gasteiger partial charge on any atom is 0.324 e. The highest BCUT2D eigenvalue weighted by Crippen LogP contribution is 2.42. The molecule has 1 spiro atoms. The van der Waals surface area contributed by atoms with E-state index in [0.717, 1.165) is 44.7 Å². The van der Waals surface area contributed by atoms with E-state index >= 15 is 0 Å². The van der Waals surface area contributed by atoms with Crippen molar-refractivity contribution in [2.45, 2.75) is 104 Å². The molecule has 3 saturated heterocycles. The van der Waals surface area contributed by atoms with Crippen LogP contribution in [-0.2, 0) is 52.8 Å². The SMILES string of the molecule is C=CC(=O)N1CC2(C1)CN(C(=O)N(C)[C@H](C(=O)N[C@H]1Cc3nc(cs3)-c3ccc4c(c3)c(c(-c3cccnc3[C@H](C)OC)n4CC)CC(C)(C)COC(=O)[C@@H]3CCCN(N3)C1=O)C(C)C)CCO2. The van der Waals surface area contributed by atoms with E-state index < -0.39 is 46.9 Å². The highest BCUT2D eigenvalue weighted by Gasteiger charge is 2.50. The van der Waals surface area contributed by atoms with Gasteiger partial charge in [0, 0.05) is 79.2 Å². The van der Waals surface area contributed by atoms with Crippen molar-refractivity contribution in [3.8, 4) is 22.5 Å². The normalized spacial score (nSPS) is 21.5. The molecule has 0 unspecified atom stereocenters. The summed E-state index contributed by atoms with van der Waals surface area (Å²) < 4.78 is 20.3. The second-order valence-electron chi connectivity index (χ2n) is 19.7. The predicted octanol–water partition coefficient (Wildman–Crippen LogP) is 5.38. The number of hydrogen-bond donors (Lipinski definition) is 2. The van der Waals surface area contributed by atoms with Crippen LogP contribution in [0.5, 0.6) is 0 Å². The topological polar surface area (TPSA) is 181 Å². The van der Waals surface area contributed by atoms with E-state index in [1.807, 2.05) is 32.2 Å². The molecule has 2 N–H and O–H groups in total. The number of cyclic esters (lactones) is 1. The molecule has 0 aliphatic carbocycles. The maximum absolute atomic E-state index is 14.7. The summed E-state index contributed by atoms with van der Waals surface area (Å²) in [6.07, 6.45) is 4.42. The van der Waals surface area contributed by atoms with Crippen LogP contribution >= 0.6 is 11.3 Å². The number of morpholine rings is 1. The molecule has 5 amide bonds. The molecule has 8 rings (SSSR count). The van der Waals surface area contributed by atoms with Crippen molar-refractivity contribution in [3.05, 3.63) is 70.8 Å². The van der Waals surface area contributed by atoms with Crippen LogP contribution in [0, 0.1) is 11.3 Å². The Morgan fingerprint density at radius 1 is 1.12 bits per heavy atom. The lowest BCUT2D eigenvalue weighted by molar-refractivity contribution is -0.184. The number of urea groups is 1. The van der Waals surface area contributed by atoms with E-state index in [0.29, 0.717) is 57.0 Å². The molecule has 7 heterocycles. The number of aryl methyl sites for hydroxylation is 1. The Morgan fingerprint density at radius 3 is 2.60 bits per heavy atom. The van der Waals surface area contributed by atoms with E-state index in [4.69, 9.17) is 24.2 Å². The highest BCUT2D eigenvalue weighted by molar-refractivity contribution is 7.10. The summed E-state index contributed by atoms with van der Waals surface area (Å²) in [6.45, 7) is 18.3. The van der Waals surface area contributed by atoms with Gasteiger partial charge in [-0.25, -0.2) is 15.2 Å². The largest absolute Gasteiger partial charge is 0.464 e.